The predicted octanol–water partition coefficient (Wildman–Crippen LogP) is 2.52. The number of carbonyl (C=O) groups is 2. The Morgan fingerprint density at radius 2 is 2.06 bits per heavy atom. The quantitative estimate of drug-likeness (QED) is 0.759. The van der Waals surface area contributed by atoms with E-state index in [0.29, 0.717) is 18.0 Å². The highest BCUT2D eigenvalue weighted by atomic mass is 32.1. The third-order valence-corrected chi connectivity index (χ3v) is 6.82. The normalized spacial score (nSPS) is 23.8. The summed E-state index contributed by atoms with van der Waals surface area (Å²) in [6.07, 6.45) is 0.469. The number of rotatable bonds is 3. The summed E-state index contributed by atoms with van der Waals surface area (Å²) in [5, 5.41) is 13.4. The van der Waals surface area contributed by atoms with E-state index in [-0.39, 0.29) is 5.91 Å². The molecule has 3 atom stereocenters. The molecular formula is C19H24F3N5O3S. The Bertz CT molecular complexity index is 902. The lowest BCUT2D eigenvalue weighted by Gasteiger charge is -2.37. The number of likely N-dealkylation sites (tertiary alicyclic amines) is 2. The molecule has 1 amide bonds. The van der Waals surface area contributed by atoms with Gasteiger partial charge in [-0.25, -0.2) is 9.78 Å². The van der Waals surface area contributed by atoms with Crippen LogP contribution in [0.4, 0.5) is 13.2 Å². The number of aryl methyl sites for hydroxylation is 1. The van der Waals surface area contributed by atoms with Gasteiger partial charge in [0.1, 0.15) is 12.7 Å². The molecule has 2 aliphatic rings. The zero-order chi connectivity index (χ0) is 22.8. The van der Waals surface area contributed by atoms with Crippen LogP contribution in [0, 0.1) is 12.8 Å². The highest BCUT2D eigenvalue weighted by Gasteiger charge is 2.43. The first kappa shape index (κ1) is 23.2. The average molecular weight is 459 g/mol. The lowest BCUT2D eigenvalue weighted by atomic mass is 9.92. The van der Waals surface area contributed by atoms with Gasteiger partial charge in [0.2, 0.25) is 0 Å². The van der Waals surface area contributed by atoms with Gasteiger partial charge in [-0.2, -0.15) is 18.3 Å². The minimum Gasteiger partial charge on any atom is -0.475 e. The number of aliphatic carboxylic acids is 1. The third-order valence-electron chi connectivity index (χ3n) is 5.82. The minimum absolute atomic E-state index is 0.211. The van der Waals surface area contributed by atoms with E-state index in [1.165, 1.54) is 0 Å². The smallest absolute Gasteiger partial charge is 0.475 e. The number of fused-ring (bicyclic) bond motifs is 1. The van der Waals surface area contributed by atoms with Crippen LogP contribution < -0.4 is 0 Å². The van der Waals surface area contributed by atoms with Gasteiger partial charge < -0.3 is 10.0 Å². The number of likely N-dealkylation sites (N-methyl/N-ethyl adjacent to an activating group) is 1. The standard InChI is InChI=1S/C17H23N5OS.C2HF3O2/c1-12-4-6-24-16(12)17(23)21-5-3-15-13(8-21)7-14(20(15)2)9-22-11-18-10-19-22;3-2(4,5)1(6)7/h4,6,10-11,13-15H,3,5,7-9H2,1-2H3;(H,6,7)/t13-,14+,15+;/m1./s1. The molecule has 0 bridgehead atoms. The van der Waals surface area contributed by atoms with E-state index in [9.17, 15) is 18.0 Å². The topological polar surface area (TPSA) is 91.6 Å². The molecule has 4 rings (SSSR count). The van der Waals surface area contributed by atoms with E-state index in [2.05, 4.69) is 26.9 Å². The Balaban J connectivity index is 0.000000339. The van der Waals surface area contributed by atoms with Crippen LogP contribution in [0.3, 0.4) is 0 Å². The van der Waals surface area contributed by atoms with E-state index in [1.807, 2.05) is 23.1 Å². The summed E-state index contributed by atoms with van der Waals surface area (Å²) < 4.78 is 33.6. The Morgan fingerprint density at radius 3 is 2.61 bits per heavy atom. The van der Waals surface area contributed by atoms with Crippen molar-refractivity contribution in [2.45, 2.75) is 44.6 Å². The van der Waals surface area contributed by atoms with Crippen LogP contribution in [0.15, 0.2) is 24.1 Å². The van der Waals surface area contributed by atoms with E-state index in [0.717, 1.165) is 42.9 Å². The van der Waals surface area contributed by atoms with Crippen molar-refractivity contribution < 1.29 is 27.9 Å². The lowest BCUT2D eigenvalue weighted by Crippen LogP contribution is -2.47. The molecule has 2 aromatic rings. The first-order chi connectivity index (χ1) is 14.6. The fraction of sp³-hybridized carbons (Fsp3) is 0.579. The summed E-state index contributed by atoms with van der Waals surface area (Å²) in [6, 6.07) is 3.08. The maximum atomic E-state index is 12.8. The molecule has 2 fully saturated rings. The van der Waals surface area contributed by atoms with Gasteiger partial charge in [-0.1, -0.05) is 0 Å². The number of nitrogens with zero attached hydrogens (tertiary/aromatic N) is 5. The molecule has 0 radical (unpaired) electrons. The summed E-state index contributed by atoms with van der Waals surface area (Å²) in [5.41, 5.74) is 1.10. The number of hydrogen-bond acceptors (Lipinski definition) is 6. The maximum absolute atomic E-state index is 12.8. The van der Waals surface area contributed by atoms with Gasteiger partial charge in [0, 0.05) is 25.2 Å². The van der Waals surface area contributed by atoms with Crippen molar-refractivity contribution in [2.24, 2.45) is 5.92 Å². The Morgan fingerprint density at radius 1 is 1.35 bits per heavy atom. The molecule has 0 aliphatic carbocycles. The van der Waals surface area contributed by atoms with Crippen LogP contribution in [-0.2, 0) is 11.3 Å². The number of aromatic nitrogens is 3. The second-order valence-electron chi connectivity index (χ2n) is 7.78. The van der Waals surface area contributed by atoms with Gasteiger partial charge >= 0.3 is 12.1 Å². The number of halogens is 3. The molecule has 0 saturated carbocycles. The molecule has 4 heterocycles. The SMILES string of the molecule is Cc1ccsc1C(=O)N1CC[C@H]2[C@H](C[C@@H](Cn3cncn3)N2C)C1.O=C(O)C(F)(F)F. The van der Waals surface area contributed by atoms with Gasteiger partial charge in [0.25, 0.3) is 5.91 Å². The van der Waals surface area contributed by atoms with Crippen molar-refractivity contribution in [2.75, 3.05) is 20.1 Å². The number of carbonyl (C=O) groups excluding carboxylic acids is 1. The van der Waals surface area contributed by atoms with Crippen molar-refractivity contribution in [1.82, 2.24) is 24.6 Å². The van der Waals surface area contributed by atoms with Crippen LogP contribution in [0.5, 0.6) is 0 Å². The van der Waals surface area contributed by atoms with Crippen molar-refractivity contribution in [1.29, 1.82) is 0 Å². The summed E-state index contributed by atoms with van der Waals surface area (Å²) in [5.74, 6) is -1.99. The average Bonchev–Trinajstić information content (AvgIpc) is 3.43. The molecule has 12 heteroatoms. The number of piperidine rings is 1. The molecule has 8 nitrogen and oxygen atoms in total. The van der Waals surface area contributed by atoms with E-state index >= 15 is 0 Å². The van der Waals surface area contributed by atoms with Gasteiger partial charge in [-0.05, 0) is 49.7 Å². The first-order valence-electron chi connectivity index (χ1n) is 9.75. The number of amides is 1. The summed E-state index contributed by atoms with van der Waals surface area (Å²) in [6.45, 7) is 4.63. The van der Waals surface area contributed by atoms with Gasteiger partial charge in [0.05, 0.1) is 11.4 Å². The number of thiophene rings is 1. The minimum atomic E-state index is -5.08. The molecule has 0 aromatic carbocycles. The number of carboxylic acid groups (broad SMARTS) is 1. The van der Waals surface area contributed by atoms with E-state index in [4.69, 9.17) is 9.90 Å². The highest BCUT2D eigenvalue weighted by molar-refractivity contribution is 7.12. The maximum Gasteiger partial charge on any atom is 0.490 e. The number of alkyl halides is 3. The number of hydrogen-bond donors (Lipinski definition) is 1. The molecule has 0 unspecified atom stereocenters. The zero-order valence-corrected chi connectivity index (χ0v) is 17.9. The second kappa shape index (κ2) is 9.35. The van der Waals surface area contributed by atoms with Crippen molar-refractivity contribution >= 4 is 23.2 Å². The van der Waals surface area contributed by atoms with Crippen LogP contribution in [-0.4, -0.2) is 79.9 Å². The predicted molar refractivity (Wildman–Crippen MR) is 107 cm³/mol. The lowest BCUT2D eigenvalue weighted by molar-refractivity contribution is -0.192. The molecule has 1 N–H and O–H groups in total. The molecule has 2 saturated heterocycles. The van der Waals surface area contributed by atoms with Crippen molar-refractivity contribution in [3.63, 3.8) is 0 Å². The molecule has 31 heavy (non-hydrogen) atoms. The number of carboxylic acids is 1. The van der Waals surface area contributed by atoms with Gasteiger partial charge in [-0.15, -0.1) is 11.3 Å². The van der Waals surface area contributed by atoms with E-state index < -0.39 is 12.1 Å². The highest BCUT2D eigenvalue weighted by Crippen LogP contribution is 2.35. The summed E-state index contributed by atoms with van der Waals surface area (Å²) in [7, 11) is 2.22. The van der Waals surface area contributed by atoms with Crippen LogP contribution in [0.25, 0.3) is 0 Å². The summed E-state index contributed by atoms with van der Waals surface area (Å²) in [4.78, 5) is 31.2. The van der Waals surface area contributed by atoms with Crippen LogP contribution in [0.1, 0.15) is 28.1 Å². The van der Waals surface area contributed by atoms with Crippen molar-refractivity contribution in [3.8, 4) is 0 Å². The zero-order valence-electron chi connectivity index (χ0n) is 17.1. The van der Waals surface area contributed by atoms with E-state index in [1.54, 1.807) is 24.0 Å². The molecule has 2 aromatic heterocycles. The molecule has 2 aliphatic heterocycles. The fourth-order valence-electron chi connectivity index (χ4n) is 4.24. The van der Waals surface area contributed by atoms with Gasteiger partial charge in [-0.3, -0.25) is 14.4 Å². The fourth-order valence-corrected chi connectivity index (χ4v) is 5.13. The Labute approximate surface area is 181 Å². The molecular weight excluding hydrogens is 435 g/mol. The second-order valence-corrected chi connectivity index (χ2v) is 8.69. The molecule has 0 spiro atoms. The monoisotopic (exact) mass is 459 g/mol. The molecule has 170 valence electrons. The largest absolute Gasteiger partial charge is 0.490 e. The van der Waals surface area contributed by atoms with Crippen LogP contribution >= 0.6 is 11.3 Å². The van der Waals surface area contributed by atoms with Gasteiger partial charge in [0.15, 0.2) is 0 Å². The Kier molecular flexibility index (Phi) is 6.99. The Hall–Kier alpha value is -2.47. The van der Waals surface area contributed by atoms with Crippen molar-refractivity contribution in [3.05, 3.63) is 34.5 Å². The third kappa shape index (κ3) is 5.42. The summed E-state index contributed by atoms with van der Waals surface area (Å²) >= 11 is 1.56. The van der Waals surface area contributed by atoms with Crippen LogP contribution in [0.2, 0.25) is 0 Å². The first-order valence-corrected chi connectivity index (χ1v) is 10.6.